The molecule has 1 aromatic carbocycles. The van der Waals surface area contributed by atoms with E-state index in [1.165, 1.54) is 0 Å². The third-order valence-corrected chi connectivity index (χ3v) is 3.56. The molecule has 1 aliphatic rings. The van der Waals surface area contributed by atoms with Gasteiger partial charge in [-0.2, -0.15) is 0 Å². The number of amides is 1. The Bertz CT molecular complexity index is 462. The number of benzene rings is 1. The molecule has 6 heteroatoms. The van der Waals surface area contributed by atoms with Crippen molar-refractivity contribution in [2.24, 2.45) is 0 Å². The molecule has 1 fully saturated rings. The number of anilines is 2. The molecule has 0 spiro atoms. The van der Waals surface area contributed by atoms with Gasteiger partial charge >= 0.3 is 0 Å². The fourth-order valence-electron chi connectivity index (χ4n) is 2.13. The fourth-order valence-corrected chi connectivity index (χ4v) is 2.37. The quantitative estimate of drug-likeness (QED) is 0.816. The summed E-state index contributed by atoms with van der Waals surface area (Å²) < 4.78 is 5.28. The highest BCUT2D eigenvalue weighted by atomic mass is 35.5. The van der Waals surface area contributed by atoms with Crippen LogP contribution in [0.15, 0.2) is 18.2 Å². The summed E-state index contributed by atoms with van der Waals surface area (Å²) >= 11 is 6.01. The van der Waals surface area contributed by atoms with E-state index in [1.807, 2.05) is 0 Å². The summed E-state index contributed by atoms with van der Waals surface area (Å²) in [5.74, 6) is -0.0232. The zero-order valence-electron chi connectivity index (χ0n) is 11.4. The largest absolute Gasteiger partial charge is 0.399 e. The second-order valence-electron chi connectivity index (χ2n) is 4.85. The van der Waals surface area contributed by atoms with Gasteiger partial charge in [-0.15, -0.1) is 0 Å². The van der Waals surface area contributed by atoms with Crippen molar-refractivity contribution < 1.29 is 9.53 Å². The Balaban J connectivity index is 1.72. The van der Waals surface area contributed by atoms with Crippen molar-refractivity contribution in [3.05, 3.63) is 23.2 Å². The summed E-state index contributed by atoms with van der Waals surface area (Å²) in [7, 11) is 0. The second kappa shape index (κ2) is 7.47. The Morgan fingerprint density at radius 1 is 1.40 bits per heavy atom. The van der Waals surface area contributed by atoms with Crippen LogP contribution in [0, 0.1) is 0 Å². The van der Waals surface area contributed by atoms with Gasteiger partial charge in [0.25, 0.3) is 0 Å². The van der Waals surface area contributed by atoms with Gasteiger partial charge < -0.3 is 15.8 Å². The molecule has 0 atom stereocenters. The van der Waals surface area contributed by atoms with Crippen molar-refractivity contribution in [1.29, 1.82) is 0 Å². The maximum absolute atomic E-state index is 11.8. The Morgan fingerprint density at radius 2 is 2.15 bits per heavy atom. The molecule has 1 saturated heterocycles. The first kappa shape index (κ1) is 15.1. The van der Waals surface area contributed by atoms with Gasteiger partial charge in [0.1, 0.15) is 0 Å². The van der Waals surface area contributed by atoms with Crippen LogP contribution in [0.4, 0.5) is 11.4 Å². The van der Waals surface area contributed by atoms with E-state index in [0.29, 0.717) is 22.8 Å². The molecular formula is C14H20ClN3O2. The molecule has 1 amide bonds. The predicted octanol–water partition coefficient (Wildman–Crippen LogP) is 1.97. The molecule has 3 N–H and O–H groups in total. The maximum Gasteiger partial charge on any atom is 0.224 e. The lowest BCUT2D eigenvalue weighted by atomic mass is 10.2. The first-order valence-corrected chi connectivity index (χ1v) is 7.18. The number of halogens is 1. The van der Waals surface area contributed by atoms with E-state index in [2.05, 4.69) is 10.2 Å². The molecule has 110 valence electrons. The summed E-state index contributed by atoms with van der Waals surface area (Å²) in [6.45, 7) is 4.39. The number of rotatable bonds is 5. The average Bonchev–Trinajstić information content (AvgIpc) is 2.43. The standard InChI is InChI=1S/C14H20ClN3O2/c15-12-10-11(16)3-4-13(12)17-14(19)2-1-5-18-6-8-20-9-7-18/h3-4,10H,1-2,5-9,16H2,(H,17,19). The second-order valence-corrected chi connectivity index (χ2v) is 5.25. The first-order valence-electron chi connectivity index (χ1n) is 6.80. The predicted molar refractivity (Wildman–Crippen MR) is 81.0 cm³/mol. The number of carbonyl (C=O) groups excluding carboxylic acids is 1. The molecule has 0 radical (unpaired) electrons. The molecule has 1 aliphatic heterocycles. The highest BCUT2D eigenvalue weighted by molar-refractivity contribution is 6.34. The zero-order chi connectivity index (χ0) is 14.4. The van der Waals surface area contributed by atoms with Crippen molar-refractivity contribution in [2.45, 2.75) is 12.8 Å². The van der Waals surface area contributed by atoms with Crippen LogP contribution < -0.4 is 11.1 Å². The van der Waals surface area contributed by atoms with E-state index < -0.39 is 0 Å². The van der Waals surface area contributed by atoms with E-state index in [4.69, 9.17) is 22.1 Å². The minimum absolute atomic E-state index is 0.0232. The van der Waals surface area contributed by atoms with Crippen LogP contribution >= 0.6 is 11.6 Å². The molecule has 0 bridgehead atoms. The van der Waals surface area contributed by atoms with Crippen LogP contribution in [-0.2, 0) is 9.53 Å². The number of nitrogen functional groups attached to an aromatic ring is 1. The van der Waals surface area contributed by atoms with Crippen LogP contribution in [0.2, 0.25) is 5.02 Å². The van der Waals surface area contributed by atoms with Gasteiger partial charge in [-0.05, 0) is 31.2 Å². The van der Waals surface area contributed by atoms with E-state index >= 15 is 0 Å². The number of hydrogen-bond acceptors (Lipinski definition) is 4. The number of nitrogens with one attached hydrogen (secondary N) is 1. The van der Waals surface area contributed by atoms with Crippen LogP contribution in [0.1, 0.15) is 12.8 Å². The Hall–Kier alpha value is -1.30. The summed E-state index contributed by atoms with van der Waals surface area (Å²) in [5, 5.41) is 3.27. The number of morpholine rings is 1. The Kier molecular flexibility index (Phi) is 5.64. The molecule has 20 heavy (non-hydrogen) atoms. The van der Waals surface area contributed by atoms with Gasteiger partial charge in [0.05, 0.1) is 23.9 Å². The Morgan fingerprint density at radius 3 is 2.85 bits per heavy atom. The monoisotopic (exact) mass is 297 g/mol. The lowest BCUT2D eigenvalue weighted by Crippen LogP contribution is -2.37. The van der Waals surface area contributed by atoms with Gasteiger partial charge in [-0.3, -0.25) is 9.69 Å². The van der Waals surface area contributed by atoms with Crippen molar-refractivity contribution >= 4 is 28.9 Å². The lowest BCUT2D eigenvalue weighted by molar-refractivity contribution is -0.116. The molecule has 0 aromatic heterocycles. The van der Waals surface area contributed by atoms with Gasteiger partial charge in [0, 0.05) is 25.2 Å². The van der Waals surface area contributed by atoms with Gasteiger partial charge in [-0.25, -0.2) is 0 Å². The molecule has 2 rings (SSSR count). The maximum atomic E-state index is 11.8. The van der Waals surface area contributed by atoms with Crippen molar-refractivity contribution in [1.82, 2.24) is 4.90 Å². The molecule has 1 heterocycles. The first-order chi connectivity index (χ1) is 9.65. The normalized spacial score (nSPS) is 16.1. The minimum Gasteiger partial charge on any atom is -0.399 e. The molecule has 0 unspecified atom stereocenters. The molecule has 0 saturated carbocycles. The summed E-state index contributed by atoms with van der Waals surface area (Å²) in [6, 6.07) is 5.07. The van der Waals surface area contributed by atoms with Crippen LogP contribution in [0.25, 0.3) is 0 Å². The van der Waals surface area contributed by atoms with E-state index in [0.717, 1.165) is 39.3 Å². The SMILES string of the molecule is Nc1ccc(NC(=O)CCCN2CCOCC2)c(Cl)c1. The molecule has 1 aromatic rings. The number of nitrogens with zero attached hydrogens (tertiary/aromatic N) is 1. The number of hydrogen-bond donors (Lipinski definition) is 2. The lowest BCUT2D eigenvalue weighted by Gasteiger charge is -2.26. The topological polar surface area (TPSA) is 67.6 Å². The van der Waals surface area contributed by atoms with E-state index in [1.54, 1.807) is 18.2 Å². The average molecular weight is 298 g/mol. The minimum atomic E-state index is -0.0232. The highest BCUT2D eigenvalue weighted by Crippen LogP contribution is 2.24. The van der Waals surface area contributed by atoms with Gasteiger partial charge in [-0.1, -0.05) is 11.6 Å². The molecular weight excluding hydrogens is 278 g/mol. The van der Waals surface area contributed by atoms with Crippen molar-refractivity contribution in [3.63, 3.8) is 0 Å². The van der Waals surface area contributed by atoms with E-state index in [-0.39, 0.29) is 5.91 Å². The fraction of sp³-hybridized carbons (Fsp3) is 0.500. The van der Waals surface area contributed by atoms with Crippen molar-refractivity contribution in [2.75, 3.05) is 43.9 Å². The summed E-state index contributed by atoms with van der Waals surface area (Å²) in [4.78, 5) is 14.2. The van der Waals surface area contributed by atoms with E-state index in [9.17, 15) is 4.79 Å². The summed E-state index contributed by atoms with van der Waals surface area (Å²) in [5.41, 5.74) is 6.80. The van der Waals surface area contributed by atoms with Crippen LogP contribution in [0.3, 0.4) is 0 Å². The van der Waals surface area contributed by atoms with Crippen molar-refractivity contribution in [3.8, 4) is 0 Å². The highest BCUT2D eigenvalue weighted by Gasteiger charge is 2.11. The number of nitrogens with two attached hydrogens (primary N) is 1. The molecule has 0 aliphatic carbocycles. The third kappa shape index (κ3) is 4.67. The molecule has 5 nitrogen and oxygen atoms in total. The smallest absolute Gasteiger partial charge is 0.224 e. The number of carbonyl (C=O) groups is 1. The third-order valence-electron chi connectivity index (χ3n) is 3.25. The van der Waals surface area contributed by atoms with Crippen LogP contribution in [0.5, 0.6) is 0 Å². The van der Waals surface area contributed by atoms with Gasteiger partial charge in [0.2, 0.25) is 5.91 Å². The van der Waals surface area contributed by atoms with Crippen LogP contribution in [-0.4, -0.2) is 43.7 Å². The zero-order valence-corrected chi connectivity index (χ0v) is 12.2. The van der Waals surface area contributed by atoms with Gasteiger partial charge in [0.15, 0.2) is 0 Å². The summed E-state index contributed by atoms with van der Waals surface area (Å²) in [6.07, 6.45) is 1.32. The Labute approximate surface area is 124 Å². The number of ether oxygens (including phenoxy) is 1.